The van der Waals surface area contributed by atoms with Crippen molar-refractivity contribution in [1.82, 2.24) is 19.2 Å². The zero-order valence-corrected chi connectivity index (χ0v) is 16.9. The Morgan fingerprint density at radius 2 is 2.03 bits per heavy atom. The van der Waals surface area contributed by atoms with Gasteiger partial charge in [0.1, 0.15) is 5.69 Å². The molecule has 154 valence electrons. The highest BCUT2D eigenvalue weighted by atomic mass is 32.1. The van der Waals surface area contributed by atoms with Crippen LogP contribution in [0.2, 0.25) is 0 Å². The minimum absolute atomic E-state index is 0.0899. The Morgan fingerprint density at radius 3 is 2.66 bits per heavy atom. The van der Waals surface area contributed by atoms with E-state index >= 15 is 0 Å². The normalized spacial score (nSPS) is 17.9. The fourth-order valence-electron chi connectivity index (χ4n) is 3.71. The molecule has 9 heteroatoms. The number of carbonyl (C=O) groups is 1. The standard InChI is InChI=1S/C20H21F3N4OS/c1-25-9-3-4-15(25)10-26(2)18(28)17-12-29-19-24-16(11-27(17)19)13-5-7-14(8-6-13)20(21,22)23/h5-8,11-12,15H,3-4,9-10H2,1-2H3/t15-/m0/s1. The summed E-state index contributed by atoms with van der Waals surface area (Å²) in [6, 6.07) is 5.25. The molecule has 0 saturated carbocycles. The van der Waals surface area contributed by atoms with Crippen LogP contribution in [0.3, 0.4) is 0 Å². The van der Waals surface area contributed by atoms with Crippen LogP contribution in [-0.2, 0) is 6.18 Å². The predicted molar refractivity (Wildman–Crippen MR) is 106 cm³/mol. The molecule has 1 atom stereocenters. The molecule has 1 saturated heterocycles. The molecule has 0 unspecified atom stereocenters. The number of likely N-dealkylation sites (tertiary alicyclic amines) is 1. The number of alkyl halides is 3. The SMILES string of the molecule is CN(C[C@@H]1CCCN1C)C(=O)c1csc2nc(-c3ccc(C(F)(F)F)cc3)cn12. The minimum Gasteiger partial charge on any atom is -0.339 e. The van der Waals surface area contributed by atoms with Crippen LogP contribution in [-0.4, -0.2) is 58.3 Å². The van der Waals surface area contributed by atoms with Gasteiger partial charge in [-0.15, -0.1) is 11.3 Å². The van der Waals surface area contributed by atoms with E-state index < -0.39 is 11.7 Å². The minimum atomic E-state index is -4.37. The molecule has 0 radical (unpaired) electrons. The summed E-state index contributed by atoms with van der Waals surface area (Å²) in [7, 11) is 3.87. The first-order valence-electron chi connectivity index (χ1n) is 9.34. The second kappa shape index (κ2) is 7.46. The highest BCUT2D eigenvalue weighted by Crippen LogP contribution is 2.31. The van der Waals surface area contributed by atoms with E-state index in [0.717, 1.165) is 31.5 Å². The number of aromatic nitrogens is 2. The van der Waals surface area contributed by atoms with Crippen molar-refractivity contribution < 1.29 is 18.0 Å². The van der Waals surface area contributed by atoms with E-state index in [2.05, 4.69) is 16.9 Å². The maximum Gasteiger partial charge on any atom is 0.416 e. The Kier molecular flexibility index (Phi) is 5.12. The molecule has 29 heavy (non-hydrogen) atoms. The summed E-state index contributed by atoms with van der Waals surface area (Å²) < 4.78 is 40.0. The maximum atomic E-state index is 13.0. The van der Waals surface area contributed by atoms with E-state index in [1.165, 1.54) is 23.5 Å². The van der Waals surface area contributed by atoms with Gasteiger partial charge < -0.3 is 9.80 Å². The van der Waals surface area contributed by atoms with E-state index in [9.17, 15) is 18.0 Å². The van der Waals surface area contributed by atoms with Crippen molar-refractivity contribution in [1.29, 1.82) is 0 Å². The molecule has 2 aromatic heterocycles. The van der Waals surface area contributed by atoms with Crippen LogP contribution >= 0.6 is 11.3 Å². The summed E-state index contributed by atoms with van der Waals surface area (Å²) in [6.07, 6.45) is -0.442. The number of likely N-dealkylation sites (N-methyl/N-ethyl adjacent to an activating group) is 2. The summed E-state index contributed by atoms with van der Waals surface area (Å²) >= 11 is 1.34. The van der Waals surface area contributed by atoms with Gasteiger partial charge in [0.2, 0.25) is 0 Å². The van der Waals surface area contributed by atoms with Crippen molar-refractivity contribution in [3.05, 3.63) is 47.1 Å². The number of hydrogen-bond acceptors (Lipinski definition) is 4. The van der Waals surface area contributed by atoms with Crippen molar-refractivity contribution in [3.8, 4) is 11.3 Å². The molecule has 5 nitrogen and oxygen atoms in total. The topological polar surface area (TPSA) is 40.8 Å². The lowest BCUT2D eigenvalue weighted by Crippen LogP contribution is -2.39. The fourth-order valence-corrected chi connectivity index (χ4v) is 4.56. The lowest BCUT2D eigenvalue weighted by atomic mass is 10.1. The molecular weight excluding hydrogens is 401 g/mol. The highest BCUT2D eigenvalue weighted by Gasteiger charge is 2.30. The third-order valence-corrected chi connectivity index (χ3v) is 6.28. The van der Waals surface area contributed by atoms with E-state index in [1.54, 1.807) is 27.9 Å². The van der Waals surface area contributed by atoms with Crippen LogP contribution in [0, 0.1) is 0 Å². The molecule has 1 fully saturated rings. The first-order valence-corrected chi connectivity index (χ1v) is 10.2. The molecule has 1 aliphatic heterocycles. The van der Waals surface area contributed by atoms with E-state index in [-0.39, 0.29) is 5.91 Å². The Balaban J connectivity index is 1.56. The van der Waals surface area contributed by atoms with Crippen LogP contribution in [0.4, 0.5) is 13.2 Å². The third kappa shape index (κ3) is 3.89. The molecule has 4 rings (SSSR count). The van der Waals surface area contributed by atoms with Gasteiger partial charge in [0, 0.05) is 36.8 Å². The Labute approximate surface area is 170 Å². The van der Waals surface area contributed by atoms with Gasteiger partial charge in [-0.1, -0.05) is 12.1 Å². The van der Waals surface area contributed by atoms with Gasteiger partial charge in [0.15, 0.2) is 4.96 Å². The fraction of sp³-hybridized carbons (Fsp3) is 0.400. The van der Waals surface area contributed by atoms with Gasteiger partial charge in [0.25, 0.3) is 5.91 Å². The maximum absolute atomic E-state index is 13.0. The number of fused-ring (bicyclic) bond motifs is 1. The van der Waals surface area contributed by atoms with E-state index in [1.807, 2.05) is 0 Å². The lowest BCUT2D eigenvalue weighted by molar-refractivity contribution is -0.137. The van der Waals surface area contributed by atoms with Gasteiger partial charge in [-0.2, -0.15) is 13.2 Å². The number of thiazole rings is 1. The van der Waals surface area contributed by atoms with Crippen LogP contribution in [0.25, 0.3) is 16.2 Å². The number of halogens is 3. The molecule has 0 bridgehead atoms. The molecule has 1 aliphatic rings. The Bertz CT molecular complexity index is 1020. The molecule has 1 aromatic carbocycles. The predicted octanol–water partition coefficient (Wildman–Crippen LogP) is 4.25. The summed E-state index contributed by atoms with van der Waals surface area (Å²) in [5.74, 6) is -0.0899. The summed E-state index contributed by atoms with van der Waals surface area (Å²) in [5, 5.41) is 1.77. The largest absolute Gasteiger partial charge is 0.416 e. The van der Waals surface area contributed by atoms with E-state index in [0.29, 0.717) is 34.5 Å². The summed E-state index contributed by atoms with van der Waals surface area (Å²) in [6.45, 7) is 1.71. The number of carbonyl (C=O) groups excluding carboxylic acids is 1. The molecule has 0 spiro atoms. The molecule has 1 amide bonds. The number of imidazole rings is 1. The number of rotatable bonds is 4. The van der Waals surface area contributed by atoms with Gasteiger partial charge >= 0.3 is 6.18 Å². The van der Waals surface area contributed by atoms with Crippen LogP contribution < -0.4 is 0 Å². The number of amides is 1. The lowest BCUT2D eigenvalue weighted by Gasteiger charge is -2.25. The second-order valence-corrected chi connectivity index (χ2v) is 8.27. The van der Waals surface area contributed by atoms with Crippen molar-refractivity contribution in [2.45, 2.75) is 25.1 Å². The number of benzene rings is 1. The van der Waals surface area contributed by atoms with E-state index in [4.69, 9.17) is 0 Å². The quantitative estimate of drug-likeness (QED) is 0.631. The zero-order chi connectivity index (χ0) is 20.8. The first kappa shape index (κ1) is 19.9. The highest BCUT2D eigenvalue weighted by molar-refractivity contribution is 7.15. The first-order chi connectivity index (χ1) is 13.7. The molecule has 0 aliphatic carbocycles. The van der Waals surface area contributed by atoms with Crippen molar-refractivity contribution in [3.63, 3.8) is 0 Å². The molecule has 0 N–H and O–H groups in total. The average Bonchev–Trinajstić information content (AvgIpc) is 3.37. The zero-order valence-electron chi connectivity index (χ0n) is 16.1. The molecule has 3 aromatic rings. The monoisotopic (exact) mass is 422 g/mol. The van der Waals surface area contributed by atoms with Crippen molar-refractivity contribution in [2.24, 2.45) is 0 Å². The Morgan fingerprint density at radius 1 is 1.31 bits per heavy atom. The Hall–Kier alpha value is -2.39. The van der Waals surface area contributed by atoms with Crippen LogP contribution in [0.5, 0.6) is 0 Å². The third-order valence-electron chi connectivity index (χ3n) is 5.44. The van der Waals surface area contributed by atoms with Crippen molar-refractivity contribution in [2.75, 3.05) is 27.2 Å². The van der Waals surface area contributed by atoms with Gasteiger partial charge in [-0.05, 0) is 38.6 Å². The smallest absolute Gasteiger partial charge is 0.339 e. The van der Waals surface area contributed by atoms with Crippen LogP contribution in [0.15, 0.2) is 35.8 Å². The summed E-state index contributed by atoms with van der Waals surface area (Å²) in [5.41, 5.74) is 0.932. The average molecular weight is 422 g/mol. The second-order valence-electron chi connectivity index (χ2n) is 7.44. The molecular formula is C20H21F3N4OS. The number of nitrogens with zero attached hydrogens (tertiary/aromatic N) is 4. The summed E-state index contributed by atoms with van der Waals surface area (Å²) in [4.78, 5) is 22.1. The van der Waals surface area contributed by atoms with Gasteiger partial charge in [0.05, 0.1) is 11.3 Å². The number of hydrogen-bond donors (Lipinski definition) is 0. The molecule has 3 heterocycles. The van der Waals surface area contributed by atoms with Crippen LogP contribution in [0.1, 0.15) is 28.9 Å². The van der Waals surface area contributed by atoms with Crippen molar-refractivity contribution >= 4 is 22.2 Å². The van der Waals surface area contributed by atoms with Gasteiger partial charge in [-0.3, -0.25) is 9.20 Å². The van der Waals surface area contributed by atoms with Gasteiger partial charge in [-0.25, -0.2) is 4.98 Å².